The number of carboxylic acid groups (broad SMARTS) is 1. The molecule has 1 aliphatic heterocycles. The first-order valence-corrected chi connectivity index (χ1v) is 6.97. The van der Waals surface area contributed by atoms with E-state index in [1.165, 1.54) is 24.3 Å². The third-order valence-corrected chi connectivity index (χ3v) is 3.94. The number of aromatic nitrogens is 1. The zero-order valence-electron chi connectivity index (χ0n) is 12.0. The van der Waals surface area contributed by atoms with Gasteiger partial charge in [0.25, 0.3) is 0 Å². The lowest BCUT2D eigenvalue weighted by Gasteiger charge is -2.24. The van der Waals surface area contributed by atoms with E-state index >= 15 is 0 Å². The monoisotopic (exact) mass is 320 g/mol. The molecule has 0 saturated carbocycles. The molecule has 8 heteroatoms. The molecule has 1 saturated heterocycles. The number of aromatic carboxylic acids is 1. The van der Waals surface area contributed by atoms with Gasteiger partial charge in [-0.2, -0.15) is 0 Å². The maximum absolute atomic E-state index is 11.1. The van der Waals surface area contributed by atoms with Crippen molar-refractivity contribution < 1.29 is 30.0 Å². The Hall–Kier alpha value is -2.26. The third-order valence-electron chi connectivity index (χ3n) is 3.94. The fourth-order valence-electron chi connectivity index (χ4n) is 2.83. The van der Waals surface area contributed by atoms with Crippen LogP contribution in [-0.4, -0.2) is 50.2 Å². The number of rotatable bonds is 3. The van der Waals surface area contributed by atoms with E-state index in [4.69, 9.17) is 15.6 Å². The first-order valence-electron chi connectivity index (χ1n) is 6.97. The molecule has 0 bridgehead atoms. The van der Waals surface area contributed by atoms with Crippen LogP contribution in [0.15, 0.2) is 24.3 Å². The number of aliphatic hydroxyl groups is 3. The standard InChI is InChI=1S/C15H16N2O6/c16-13-4-9(15(22)5-11(19)12(6-18)23-15)8-2-1-7(14(20)21)3-10(8)17-13/h1-4,11-12,18-19,22H,5-6H2,(H2,16,17)(H,20,21)/t11-,12+,15+/m0/s1. The molecule has 3 atom stereocenters. The van der Waals surface area contributed by atoms with Gasteiger partial charge in [0.1, 0.15) is 11.9 Å². The van der Waals surface area contributed by atoms with E-state index < -0.39 is 30.6 Å². The summed E-state index contributed by atoms with van der Waals surface area (Å²) in [4.78, 5) is 15.1. The van der Waals surface area contributed by atoms with Gasteiger partial charge in [0.05, 0.1) is 23.8 Å². The Morgan fingerprint density at radius 2 is 2.17 bits per heavy atom. The molecule has 0 amide bonds. The minimum Gasteiger partial charge on any atom is -0.478 e. The lowest BCUT2D eigenvalue weighted by Crippen LogP contribution is -2.28. The molecule has 2 aromatic rings. The zero-order chi connectivity index (χ0) is 16.8. The first kappa shape index (κ1) is 15.6. The summed E-state index contributed by atoms with van der Waals surface area (Å²) in [6, 6.07) is 5.63. The highest BCUT2D eigenvalue weighted by Gasteiger charge is 2.46. The fraction of sp³-hybridized carbons (Fsp3) is 0.333. The molecule has 0 spiro atoms. The Morgan fingerprint density at radius 3 is 2.78 bits per heavy atom. The number of carbonyl (C=O) groups is 1. The van der Waals surface area contributed by atoms with Crippen LogP contribution in [0, 0.1) is 0 Å². The summed E-state index contributed by atoms with van der Waals surface area (Å²) in [5.41, 5.74) is 6.34. The topological polar surface area (TPSA) is 146 Å². The van der Waals surface area contributed by atoms with E-state index in [1.54, 1.807) is 0 Å². The smallest absolute Gasteiger partial charge is 0.335 e. The molecule has 2 heterocycles. The largest absolute Gasteiger partial charge is 0.478 e. The van der Waals surface area contributed by atoms with Crippen LogP contribution in [0.5, 0.6) is 0 Å². The number of aliphatic hydroxyl groups excluding tert-OH is 2. The van der Waals surface area contributed by atoms with Gasteiger partial charge >= 0.3 is 5.97 Å². The lowest BCUT2D eigenvalue weighted by molar-refractivity contribution is -0.205. The van der Waals surface area contributed by atoms with Crippen molar-refractivity contribution in [2.75, 3.05) is 12.3 Å². The van der Waals surface area contributed by atoms with Crippen LogP contribution in [0.3, 0.4) is 0 Å². The number of nitrogens with two attached hydrogens (primary N) is 1. The highest BCUT2D eigenvalue weighted by atomic mass is 16.6. The van der Waals surface area contributed by atoms with Crippen LogP contribution in [0.1, 0.15) is 22.3 Å². The average Bonchev–Trinajstić information content (AvgIpc) is 2.81. The van der Waals surface area contributed by atoms with Crippen molar-refractivity contribution in [3.05, 3.63) is 35.4 Å². The molecule has 122 valence electrons. The summed E-state index contributed by atoms with van der Waals surface area (Å²) in [6.07, 6.45) is -2.09. The predicted molar refractivity (Wildman–Crippen MR) is 79.6 cm³/mol. The molecule has 0 unspecified atom stereocenters. The van der Waals surface area contributed by atoms with Gasteiger partial charge in [-0.25, -0.2) is 9.78 Å². The number of ether oxygens (including phenoxy) is 1. The predicted octanol–water partition coefficient (Wildman–Crippen LogP) is -0.198. The summed E-state index contributed by atoms with van der Waals surface area (Å²) < 4.78 is 5.39. The van der Waals surface area contributed by atoms with Crippen LogP contribution < -0.4 is 5.73 Å². The van der Waals surface area contributed by atoms with E-state index in [1.807, 2.05) is 0 Å². The van der Waals surface area contributed by atoms with Crippen molar-refractivity contribution in [3.63, 3.8) is 0 Å². The minimum absolute atomic E-state index is 0.0362. The molecule has 3 rings (SSSR count). The van der Waals surface area contributed by atoms with E-state index in [2.05, 4.69) is 4.98 Å². The second kappa shape index (κ2) is 5.43. The summed E-state index contributed by atoms with van der Waals surface area (Å²) >= 11 is 0. The van der Waals surface area contributed by atoms with Gasteiger partial charge in [-0.1, -0.05) is 6.07 Å². The van der Waals surface area contributed by atoms with Gasteiger partial charge in [-0.05, 0) is 18.2 Å². The van der Waals surface area contributed by atoms with Gasteiger partial charge in [0, 0.05) is 17.4 Å². The minimum atomic E-state index is -1.84. The Kier molecular flexibility index (Phi) is 3.69. The molecular formula is C15H16N2O6. The Balaban J connectivity index is 2.16. The van der Waals surface area contributed by atoms with E-state index in [9.17, 15) is 20.1 Å². The number of nitrogens with zero attached hydrogens (tertiary/aromatic N) is 1. The van der Waals surface area contributed by atoms with Crippen LogP contribution in [0.2, 0.25) is 0 Å². The van der Waals surface area contributed by atoms with Crippen molar-refractivity contribution in [1.29, 1.82) is 0 Å². The second-order valence-corrected chi connectivity index (χ2v) is 5.53. The van der Waals surface area contributed by atoms with E-state index in [0.717, 1.165) is 0 Å². The molecule has 8 nitrogen and oxygen atoms in total. The van der Waals surface area contributed by atoms with Crippen LogP contribution in [0.25, 0.3) is 10.9 Å². The van der Waals surface area contributed by atoms with Gasteiger partial charge in [0.2, 0.25) is 0 Å². The number of anilines is 1. The molecule has 1 aromatic heterocycles. The Morgan fingerprint density at radius 1 is 1.43 bits per heavy atom. The van der Waals surface area contributed by atoms with E-state index in [-0.39, 0.29) is 23.4 Å². The molecular weight excluding hydrogens is 304 g/mol. The van der Waals surface area contributed by atoms with E-state index in [0.29, 0.717) is 10.9 Å². The fourth-order valence-corrected chi connectivity index (χ4v) is 2.83. The number of fused-ring (bicyclic) bond motifs is 1. The van der Waals surface area contributed by atoms with Crippen molar-refractivity contribution in [2.45, 2.75) is 24.4 Å². The van der Waals surface area contributed by atoms with Crippen molar-refractivity contribution >= 4 is 22.7 Å². The maximum Gasteiger partial charge on any atom is 0.335 e. The number of hydrogen-bond acceptors (Lipinski definition) is 7. The van der Waals surface area contributed by atoms with Gasteiger partial charge in [-0.3, -0.25) is 0 Å². The molecule has 23 heavy (non-hydrogen) atoms. The number of hydrogen-bond donors (Lipinski definition) is 5. The number of pyridine rings is 1. The van der Waals surface area contributed by atoms with Crippen LogP contribution in [-0.2, 0) is 10.5 Å². The summed E-state index contributed by atoms with van der Waals surface area (Å²) in [6.45, 7) is -0.439. The van der Waals surface area contributed by atoms with Crippen molar-refractivity contribution in [2.24, 2.45) is 0 Å². The molecule has 1 aromatic carbocycles. The highest BCUT2D eigenvalue weighted by Crippen LogP contribution is 2.40. The number of nitrogen functional groups attached to an aromatic ring is 1. The summed E-state index contributed by atoms with van der Waals surface area (Å²) in [7, 11) is 0. The normalized spacial score (nSPS) is 27.4. The summed E-state index contributed by atoms with van der Waals surface area (Å²) in [5, 5.41) is 39.3. The SMILES string of the molecule is Nc1cc([C@@]2(O)C[C@H](O)[C@@H](CO)O2)c2ccc(C(=O)O)cc2n1. The number of carboxylic acids is 1. The average molecular weight is 320 g/mol. The third kappa shape index (κ3) is 2.62. The Labute approximate surface area is 130 Å². The zero-order valence-corrected chi connectivity index (χ0v) is 12.0. The maximum atomic E-state index is 11.1. The molecule has 0 aliphatic carbocycles. The Bertz CT molecular complexity index is 780. The highest BCUT2D eigenvalue weighted by molar-refractivity contribution is 5.94. The molecule has 1 fully saturated rings. The van der Waals surface area contributed by atoms with Crippen molar-refractivity contribution in [1.82, 2.24) is 4.98 Å². The van der Waals surface area contributed by atoms with Gasteiger partial charge in [-0.15, -0.1) is 0 Å². The van der Waals surface area contributed by atoms with Gasteiger partial charge in [0.15, 0.2) is 5.79 Å². The molecule has 1 aliphatic rings. The number of benzene rings is 1. The quantitative estimate of drug-likeness (QED) is 0.522. The second-order valence-electron chi connectivity index (χ2n) is 5.53. The van der Waals surface area contributed by atoms with Gasteiger partial charge < -0.3 is 30.9 Å². The molecule has 6 N–H and O–H groups in total. The summed E-state index contributed by atoms with van der Waals surface area (Å²) in [5.74, 6) is -2.87. The van der Waals surface area contributed by atoms with Crippen molar-refractivity contribution in [3.8, 4) is 0 Å². The van der Waals surface area contributed by atoms with Crippen LogP contribution >= 0.6 is 0 Å². The first-order chi connectivity index (χ1) is 10.8. The lowest BCUT2D eigenvalue weighted by atomic mass is 9.96. The molecule has 0 radical (unpaired) electrons. The van der Waals surface area contributed by atoms with Crippen LogP contribution in [0.4, 0.5) is 5.82 Å².